The third-order valence-corrected chi connectivity index (χ3v) is 14.2. The van der Waals surface area contributed by atoms with Crippen molar-refractivity contribution in [3.05, 3.63) is 147 Å². The molecule has 4 aromatic heterocycles. The number of H-pyrrole nitrogens is 2. The van der Waals surface area contributed by atoms with Crippen molar-refractivity contribution >= 4 is 89.2 Å². The van der Waals surface area contributed by atoms with Gasteiger partial charge in [0.25, 0.3) is 0 Å². The Morgan fingerprint density at radius 2 is 1.12 bits per heavy atom. The molecule has 0 aliphatic rings. The van der Waals surface area contributed by atoms with E-state index in [4.69, 9.17) is 28.2 Å². The fourth-order valence-electron chi connectivity index (χ4n) is 5.83. The van der Waals surface area contributed by atoms with Crippen LogP contribution in [-0.4, -0.2) is 62.0 Å². The van der Waals surface area contributed by atoms with Gasteiger partial charge in [-0.25, -0.2) is 26.8 Å². The highest BCUT2D eigenvalue weighted by Gasteiger charge is 2.19. The molecule has 0 saturated heterocycles. The second-order valence-electron chi connectivity index (χ2n) is 13.1. The second kappa shape index (κ2) is 19.5. The lowest BCUT2D eigenvalue weighted by Crippen LogP contribution is -2.02. The maximum Gasteiger partial charge on any atom is 0.569 e. The number of benzene rings is 4. The predicted molar refractivity (Wildman–Crippen MR) is 249 cm³/mol. The topological polar surface area (TPSA) is 155 Å². The van der Waals surface area contributed by atoms with Crippen molar-refractivity contribution in [3.63, 3.8) is 0 Å². The number of hydrogen-bond acceptors (Lipinski definition) is 10. The summed E-state index contributed by atoms with van der Waals surface area (Å²) in [5.74, 6) is 1.97. The van der Waals surface area contributed by atoms with E-state index in [9.17, 15) is 16.8 Å². The molecule has 0 atom stereocenters. The van der Waals surface area contributed by atoms with E-state index in [2.05, 4.69) is 46.6 Å². The highest BCUT2D eigenvalue weighted by molar-refractivity contribution is 9.11. The molecule has 307 valence electrons. The number of imidazole rings is 2. The Bertz CT molecular complexity index is 3000. The summed E-state index contributed by atoms with van der Waals surface area (Å²) in [6.45, 7) is 3.86. The SMILES string of the molecule is CS(=O)(=O)c1cccc(O[B]O)c1.Cc1nc(-c2ccccc2Cl)c(-c2ccc(-c3cccc(S(C)(=O)=O)c3)s2)[nH]1.Cc1nc(-c2ccccc2Cl)c(-c2ccc(Br)s2)[nH]1. The minimum Gasteiger partial charge on any atom is -0.537 e. The minimum absolute atomic E-state index is 0.159. The van der Waals surface area contributed by atoms with E-state index in [1.54, 1.807) is 46.9 Å². The molecule has 10 nitrogen and oxygen atoms in total. The van der Waals surface area contributed by atoms with Crippen LogP contribution in [0.1, 0.15) is 11.6 Å². The van der Waals surface area contributed by atoms with Crippen molar-refractivity contribution < 1.29 is 26.5 Å². The molecule has 0 fully saturated rings. The molecular formula is C42H35BBrCl2N4O6S4. The number of rotatable bonds is 9. The van der Waals surface area contributed by atoms with Crippen LogP contribution in [0.4, 0.5) is 0 Å². The molecule has 4 heterocycles. The fraction of sp³-hybridized carbons (Fsp3) is 0.0952. The Labute approximate surface area is 375 Å². The van der Waals surface area contributed by atoms with E-state index < -0.39 is 19.7 Å². The number of aromatic amines is 2. The number of thiophene rings is 2. The van der Waals surface area contributed by atoms with Gasteiger partial charge in [-0.2, -0.15) is 0 Å². The van der Waals surface area contributed by atoms with Gasteiger partial charge in [-0.15, -0.1) is 22.7 Å². The number of aryl methyl sites for hydroxylation is 2. The van der Waals surface area contributed by atoms with Crippen LogP contribution in [0.25, 0.3) is 54.1 Å². The van der Waals surface area contributed by atoms with Crippen molar-refractivity contribution in [1.29, 1.82) is 0 Å². The van der Waals surface area contributed by atoms with Crippen molar-refractivity contribution in [3.8, 4) is 59.8 Å². The first-order valence-corrected chi connectivity index (χ1v) is 24.7. The first kappa shape index (κ1) is 45.0. The first-order chi connectivity index (χ1) is 28.5. The average molecular weight is 982 g/mol. The summed E-state index contributed by atoms with van der Waals surface area (Å²) in [5, 5.41) is 9.68. The van der Waals surface area contributed by atoms with Gasteiger partial charge >= 0.3 is 7.69 Å². The first-order valence-electron chi connectivity index (χ1n) is 17.7. The van der Waals surface area contributed by atoms with Gasteiger partial charge in [-0.1, -0.05) is 77.8 Å². The summed E-state index contributed by atoms with van der Waals surface area (Å²) in [7, 11) is -5.97. The largest absolute Gasteiger partial charge is 0.569 e. The van der Waals surface area contributed by atoms with E-state index >= 15 is 0 Å². The zero-order valence-corrected chi connectivity index (χ0v) is 38.6. The zero-order valence-electron chi connectivity index (χ0n) is 32.3. The third kappa shape index (κ3) is 11.2. The van der Waals surface area contributed by atoms with Gasteiger partial charge in [0.15, 0.2) is 19.7 Å². The summed E-state index contributed by atoms with van der Waals surface area (Å²) < 4.78 is 51.5. The fourth-order valence-corrected chi connectivity index (χ4v) is 10.00. The Morgan fingerprint density at radius 3 is 1.62 bits per heavy atom. The van der Waals surface area contributed by atoms with E-state index in [0.717, 1.165) is 75.8 Å². The van der Waals surface area contributed by atoms with Gasteiger partial charge < -0.3 is 19.6 Å². The molecule has 0 amide bonds. The van der Waals surface area contributed by atoms with E-state index in [-0.39, 0.29) is 10.6 Å². The third-order valence-electron chi connectivity index (χ3n) is 8.54. The molecule has 0 unspecified atom stereocenters. The van der Waals surface area contributed by atoms with Crippen LogP contribution in [0.15, 0.2) is 135 Å². The lowest BCUT2D eigenvalue weighted by molar-refractivity contribution is 0.453. The molecule has 1 radical (unpaired) electrons. The van der Waals surface area contributed by atoms with Crippen molar-refractivity contribution in [2.24, 2.45) is 0 Å². The van der Waals surface area contributed by atoms with Gasteiger partial charge in [-0.05, 0) is 102 Å². The number of aromatic nitrogens is 4. The molecule has 0 aliphatic carbocycles. The molecule has 0 spiro atoms. The van der Waals surface area contributed by atoms with Crippen LogP contribution in [0, 0.1) is 13.8 Å². The highest BCUT2D eigenvalue weighted by Crippen LogP contribution is 2.41. The van der Waals surface area contributed by atoms with Crippen LogP contribution < -0.4 is 4.65 Å². The van der Waals surface area contributed by atoms with E-state index in [1.165, 1.54) is 24.5 Å². The van der Waals surface area contributed by atoms with Crippen LogP contribution in [0.5, 0.6) is 5.75 Å². The maximum absolute atomic E-state index is 11.9. The van der Waals surface area contributed by atoms with Gasteiger partial charge in [0.2, 0.25) is 0 Å². The minimum atomic E-state index is -3.25. The monoisotopic (exact) mass is 979 g/mol. The van der Waals surface area contributed by atoms with Crippen LogP contribution in [0.3, 0.4) is 0 Å². The van der Waals surface area contributed by atoms with Gasteiger partial charge in [-0.3, -0.25) is 0 Å². The number of nitrogens with zero attached hydrogens (tertiary/aromatic N) is 2. The zero-order chi connectivity index (χ0) is 43.2. The summed E-state index contributed by atoms with van der Waals surface area (Å²) >= 11 is 19.4. The van der Waals surface area contributed by atoms with Gasteiger partial charge in [0.1, 0.15) is 17.4 Å². The standard InChI is InChI=1S/C21H17ClN2O2S2.C14H10BrClN2S.C7H8BO4S/c1-13-23-20(16-8-3-4-9-17(16)22)21(24-13)19-11-10-18(27-19)14-6-5-7-15(12-14)28(2,25)26;1-8-17-13(9-4-2-3-5-10(9)16)14(18-8)11-6-7-12(15)19-11;1-13(10,11)7-4-2-3-6(5-7)12-8-9/h3-12H,1-2H3,(H,23,24);2-7H,1H3,(H,17,18);2-5,9H,1H3. The number of sulfone groups is 2. The number of halogens is 3. The predicted octanol–water partition coefficient (Wildman–Crippen LogP) is 11.4. The van der Waals surface area contributed by atoms with Crippen molar-refractivity contribution in [2.75, 3.05) is 12.5 Å². The second-order valence-corrected chi connectivity index (χ2v) is 21.5. The quantitative estimate of drug-likeness (QED) is 0.121. The van der Waals surface area contributed by atoms with Gasteiger partial charge in [0, 0.05) is 28.5 Å². The van der Waals surface area contributed by atoms with E-state index in [0.29, 0.717) is 22.6 Å². The van der Waals surface area contributed by atoms with Crippen molar-refractivity contribution in [1.82, 2.24) is 19.9 Å². The Kier molecular flexibility index (Phi) is 14.6. The molecule has 4 aromatic carbocycles. The summed E-state index contributed by atoms with van der Waals surface area (Å²) in [6, 6.07) is 36.4. The Morgan fingerprint density at radius 1 is 0.633 bits per heavy atom. The molecular weight excluding hydrogens is 946 g/mol. The molecule has 0 saturated carbocycles. The molecule has 8 rings (SSSR count). The molecule has 0 bridgehead atoms. The Hall–Kier alpha value is -4.52. The summed E-state index contributed by atoms with van der Waals surface area (Å²) in [4.78, 5) is 19.5. The van der Waals surface area contributed by atoms with E-state index in [1.807, 2.05) is 86.6 Å². The number of nitrogens with one attached hydrogen (secondary N) is 2. The van der Waals surface area contributed by atoms with Crippen LogP contribution in [-0.2, 0) is 19.7 Å². The molecule has 3 N–H and O–H groups in total. The summed E-state index contributed by atoms with van der Waals surface area (Å²) in [6.07, 6.45) is 2.32. The van der Waals surface area contributed by atoms with Gasteiger partial charge in [0.05, 0.1) is 56.2 Å². The molecule has 0 aliphatic heterocycles. The molecule has 8 aromatic rings. The molecule has 18 heteroatoms. The van der Waals surface area contributed by atoms with Crippen LogP contribution in [0.2, 0.25) is 10.0 Å². The average Bonchev–Trinajstić information content (AvgIpc) is 4.03. The maximum atomic E-state index is 11.9. The summed E-state index contributed by atoms with van der Waals surface area (Å²) in [5.41, 5.74) is 6.32. The normalized spacial score (nSPS) is 11.3. The van der Waals surface area contributed by atoms with Crippen molar-refractivity contribution in [2.45, 2.75) is 23.6 Å². The molecule has 60 heavy (non-hydrogen) atoms. The lowest BCUT2D eigenvalue weighted by atomic mass is 10.1. The highest BCUT2D eigenvalue weighted by atomic mass is 79.9. The Balaban J connectivity index is 0.000000163. The van der Waals surface area contributed by atoms with Crippen LogP contribution >= 0.6 is 61.8 Å². The smallest absolute Gasteiger partial charge is 0.537 e. The lowest BCUT2D eigenvalue weighted by Gasteiger charge is -2.04. The number of hydrogen-bond donors (Lipinski definition) is 3.